The second-order valence-electron chi connectivity index (χ2n) is 8.40. The number of aromatic nitrogens is 1. The summed E-state index contributed by atoms with van der Waals surface area (Å²) in [5.74, 6) is 1.20. The van der Waals surface area contributed by atoms with Gasteiger partial charge in [0.1, 0.15) is 17.8 Å². The Balaban J connectivity index is 1.58. The Morgan fingerprint density at radius 3 is 2.60 bits per heavy atom. The molecule has 1 aliphatic carbocycles. The summed E-state index contributed by atoms with van der Waals surface area (Å²) in [5, 5.41) is 2.85. The molecule has 1 heterocycles. The number of nitrogens with one attached hydrogen (secondary N) is 1. The molecule has 1 amide bonds. The zero-order valence-electron chi connectivity index (χ0n) is 19.4. The minimum Gasteiger partial charge on any atom is -0.497 e. The van der Waals surface area contributed by atoms with Crippen LogP contribution in [0.25, 0.3) is 0 Å². The third-order valence-corrected chi connectivity index (χ3v) is 5.60. The van der Waals surface area contributed by atoms with E-state index in [4.69, 9.17) is 13.9 Å². The van der Waals surface area contributed by atoms with Gasteiger partial charge in [0.25, 0.3) is 5.91 Å². The molecule has 35 heavy (non-hydrogen) atoms. The molecule has 3 aromatic rings. The number of halogens is 3. The Labute approximate surface area is 200 Å². The summed E-state index contributed by atoms with van der Waals surface area (Å²) in [6.07, 6.45) is -1.25. The summed E-state index contributed by atoms with van der Waals surface area (Å²) >= 11 is 0. The number of oxazole rings is 1. The minimum absolute atomic E-state index is 0.160. The summed E-state index contributed by atoms with van der Waals surface area (Å²) in [5.41, 5.74) is 0.700. The van der Waals surface area contributed by atoms with Gasteiger partial charge in [0.05, 0.1) is 26.3 Å². The van der Waals surface area contributed by atoms with Crippen molar-refractivity contribution in [2.45, 2.75) is 44.7 Å². The average Bonchev–Trinajstić information content (AvgIpc) is 3.52. The third kappa shape index (κ3) is 6.54. The molecule has 1 fully saturated rings. The van der Waals surface area contributed by atoms with Crippen LogP contribution in [0.15, 0.2) is 53.1 Å². The van der Waals surface area contributed by atoms with Crippen molar-refractivity contribution in [3.05, 3.63) is 77.0 Å². The molecule has 0 unspecified atom stereocenters. The summed E-state index contributed by atoms with van der Waals surface area (Å²) < 4.78 is 56.0. The fraction of sp³-hybridized carbons (Fsp3) is 0.360. The number of hydrogen-bond donors (Lipinski definition) is 1. The topological polar surface area (TPSA) is 76.8 Å². The van der Waals surface area contributed by atoms with Crippen LogP contribution in [0.1, 0.15) is 45.9 Å². The van der Waals surface area contributed by atoms with Gasteiger partial charge in [0.2, 0.25) is 5.89 Å². The summed E-state index contributed by atoms with van der Waals surface area (Å²) in [6, 6.07) is 10.7. The second kappa shape index (κ2) is 10.4. The van der Waals surface area contributed by atoms with Crippen LogP contribution in [0, 0.1) is 0 Å². The first-order chi connectivity index (χ1) is 16.7. The van der Waals surface area contributed by atoms with E-state index < -0.39 is 11.7 Å². The zero-order chi connectivity index (χ0) is 25.0. The summed E-state index contributed by atoms with van der Waals surface area (Å²) in [7, 11) is 3.09. The molecule has 1 N–H and O–H groups in total. The van der Waals surface area contributed by atoms with E-state index in [0.29, 0.717) is 23.6 Å². The number of benzene rings is 2. The van der Waals surface area contributed by atoms with E-state index in [2.05, 4.69) is 10.3 Å². The number of alkyl halides is 3. The van der Waals surface area contributed by atoms with Crippen LogP contribution in [-0.2, 0) is 25.8 Å². The largest absolute Gasteiger partial charge is 0.497 e. The SMILES string of the molecule is COc1ccc(OC)c(CN(Cc2cccc(C(F)(F)F)c2)Cc2nc(C(=O)NC3CC3)co2)c1. The number of hydrogen-bond acceptors (Lipinski definition) is 6. The normalized spacial score (nSPS) is 13.7. The standard InChI is InChI=1S/C25H26F3N3O4/c1-33-20-8-9-22(34-2)17(11-20)13-31(12-16-4-3-5-18(10-16)25(26,27)28)14-23-30-21(15-35-23)24(32)29-19-6-7-19/h3-5,8-11,15,19H,6-7,12-14H2,1-2H3,(H,29,32). The lowest BCUT2D eigenvalue weighted by Gasteiger charge is -2.23. The van der Waals surface area contributed by atoms with Crippen molar-refractivity contribution in [1.29, 1.82) is 0 Å². The molecule has 0 bridgehead atoms. The Hall–Kier alpha value is -3.53. The van der Waals surface area contributed by atoms with Crippen LogP contribution in [0.4, 0.5) is 13.2 Å². The highest BCUT2D eigenvalue weighted by atomic mass is 19.4. The molecule has 0 atom stereocenters. The molecule has 1 aliphatic rings. The molecule has 2 aromatic carbocycles. The van der Waals surface area contributed by atoms with E-state index in [1.165, 1.54) is 12.3 Å². The maximum atomic E-state index is 13.2. The smallest absolute Gasteiger partial charge is 0.416 e. The number of methoxy groups -OCH3 is 2. The van der Waals surface area contributed by atoms with Crippen molar-refractivity contribution < 1.29 is 31.9 Å². The van der Waals surface area contributed by atoms with E-state index in [0.717, 1.165) is 30.5 Å². The molecule has 186 valence electrons. The quantitative estimate of drug-likeness (QED) is 0.441. The van der Waals surface area contributed by atoms with Crippen molar-refractivity contribution >= 4 is 5.91 Å². The Morgan fingerprint density at radius 2 is 1.91 bits per heavy atom. The van der Waals surface area contributed by atoms with Crippen molar-refractivity contribution in [3.8, 4) is 11.5 Å². The zero-order valence-corrected chi connectivity index (χ0v) is 19.4. The first kappa shape index (κ1) is 24.6. The summed E-state index contributed by atoms with van der Waals surface area (Å²) in [6.45, 7) is 0.645. The first-order valence-corrected chi connectivity index (χ1v) is 11.1. The van der Waals surface area contributed by atoms with Crippen LogP contribution in [-0.4, -0.2) is 36.1 Å². The molecule has 1 aromatic heterocycles. The number of nitrogens with zero attached hydrogens (tertiary/aromatic N) is 2. The molecular formula is C25H26F3N3O4. The van der Waals surface area contributed by atoms with Gasteiger partial charge < -0.3 is 19.2 Å². The molecule has 0 radical (unpaired) electrons. The Bertz CT molecular complexity index is 1170. The maximum Gasteiger partial charge on any atom is 0.416 e. The second-order valence-corrected chi connectivity index (χ2v) is 8.40. The van der Waals surface area contributed by atoms with Gasteiger partial charge in [-0.2, -0.15) is 13.2 Å². The molecule has 0 spiro atoms. The van der Waals surface area contributed by atoms with E-state index in [-0.39, 0.29) is 36.6 Å². The molecule has 7 nitrogen and oxygen atoms in total. The maximum absolute atomic E-state index is 13.2. The number of carbonyl (C=O) groups excluding carboxylic acids is 1. The predicted molar refractivity (Wildman–Crippen MR) is 121 cm³/mol. The summed E-state index contributed by atoms with van der Waals surface area (Å²) in [4.78, 5) is 18.4. The highest BCUT2D eigenvalue weighted by molar-refractivity contribution is 5.92. The van der Waals surface area contributed by atoms with E-state index in [1.807, 2.05) is 11.0 Å². The molecule has 1 saturated carbocycles. The first-order valence-electron chi connectivity index (χ1n) is 11.1. The van der Waals surface area contributed by atoms with Gasteiger partial charge in [-0.25, -0.2) is 4.98 Å². The van der Waals surface area contributed by atoms with Gasteiger partial charge in [0.15, 0.2) is 5.69 Å². The number of amides is 1. The third-order valence-electron chi connectivity index (χ3n) is 5.60. The highest BCUT2D eigenvalue weighted by Crippen LogP contribution is 2.31. The predicted octanol–water partition coefficient (Wildman–Crippen LogP) is 4.81. The number of carbonyl (C=O) groups is 1. The molecular weight excluding hydrogens is 463 g/mol. The Morgan fingerprint density at radius 1 is 1.11 bits per heavy atom. The minimum atomic E-state index is -4.44. The van der Waals surface area contributed by atoms with E-state index in [1.54, 1.807) is 32.4 Å². The van der Waals surface area contributed by atoms with Crippen molar-refractivity contribution in [1.82, 2.24) is 15.2 Å². The molecule has 4 rings (SSSR count). The van der Waals surface area contributed by atoms with E-state index >= 15 is 0 Å². The average molecular weight is 489 g/mol. The van der Waals surface area contributed by atoms with Crippen LogP contribution in [0.2, 0.25) is 0 Å². The molecule has 0 saturated heterocycles. The van der Waals surface area contributed by atoms with Crippen LogP contribution in [0.5, 0.6) is 11.5 Å². The lowest BCUT2D eigenvalue weighted by molar-refractivity contribution is -0.137. The van der Waals surface area contributed by atoms with Crippen molar-refractivity contribution in [2.24, 2.45) is 0 Å². The van der Waals surface area contributed by atoms with Gasteiger partial charge in [-0.15, -0.1) is 0 Å². The van der Waals surface area contributed by atoms with Crippen LogP contribution >= 0.6 is 0 Å². The fourth-order valence-electron chi connectivity index (χ4n) is 3.68. The molecule has 0 aliphatic heterocycles. The van der Waals surface area contributed by atoms with Gasteiger partial charge in [-0.05, 0) is 42.7 Å². The fourth-order valence-corrected chi connectivity index (χ4v) is 3.68. The number of rotatable bonds is 10. The van der Waals surface area contributed by atoms with Crippen molar-refractivity contribution in [3.63, 3.8) is 0 Å². The van der Waals surface area contributed by atoms with Crippen LogP contribution in [0.3, 0.4) is 0 Å². The van der Waals surface area contributed by atoms with Crippen molar-refractivity contribution in [2.75, 3.05) is 14.2 Å². The Kier molecular flexibility index (Phi) is 7.30. The van der Waals surface area contributed by atoms with Crippen LogP contribution < -0.4 is 14.8 Å². The highest BCUT2D eigenvalue weighted by Gasteiger charge is 2.30. The monoisotopic (exact) mass is 489 g/mol. The van der Waals surface area contributed by atoms with E-state index in [9.17, 15) is 18.0 Å². The van der Waals surface area contributed by atoms with Gasteiger partial charge in [0, 0.05) is 24.7 Å². The lowest BCUT2D eigenvalue weighted by atomic mass is 10.1. The van der Waals surface area contributed by atoms with Gasteiger partial charge in [-0.1, -0.05) is 18.2 Å². The van der Waals surface area contributed by atoms with Gasteiger partial charge in [-0.3, -0.25) is 9.69 Å². The molecule has 10 heteroatoms. The van der Waals surface area contributed by atoms with Gasteiger partial charge >= 0.3 is 6.18 Å². The lowest BCUT2D eigenvalue weighted by Crippen LogP contribution is -2.26. The number of ether oxygens (including phenoxy) is 2.